The predicted octanol–water partition coefficient (Wildman–Crippen LogP) is 3.53. The van der Waals surface area contributed by atoms with Gasteiger partial charge in [-0.25, -0.2) is 13.1 Å². The molecule has 2 aromatic carbocycles. The topological polar surface area (TPSA) is 95.6 Å². The third-order valence-electron chi connectivity index (χ3n) is 4.88. The van der Waals surface area contributed by atoms with Gasteiger partial charge in [0, 0.05) is 37.3 Å². The van der Waals surface area contributed by atoms with E-state index < -0.39 is 26.7 Å². The molecule has 0 radical (unpaired) electrons. The van der Waals surface area contributed by atoms with E-state index in [1.807, 2.05) is 0 Å². The molecule has 7 nitrogen and oxygen atoms in total. The first-order valence-corrected chi connectivity index (χ1v) is 11.4. The average molecular weight is 469 g/mol. The van der Waals surface area contributed by atoms with E-state index in [2.05, 4.69) is 10.0 Å². The van der Waals surface area contributed by atoms with Crippen LogP contribution in [0.4, 0.5) is 24.5 Å². The summed E-state index contributed by atoms with van der Waals surface area (Å²) >= 11 is 0. The number of nitrogens with one attached hydrogen (secondary N) is 2. The lowest BCUT2D eigenvalue weighted by Gasteiger charge is -2.16. The summed E-state index contributed by atoms with van der Waals surface area (Å²) in [4.78, 5) is 25.0. The highest BCUT2D eigenvalue weighted by Gasteiger charge is 2.31. The lowest BCUT2D eigenvalue weighted by Crippen LogP contribution is -2.26. The molecule has 2 amide bonds. The summed E-state index contributed by atoms with van der Waals surface area (Å²) in [6.45, 7) is 0.558. The Kier molecular flexibility index (Phi) is 7.19. The maximum absolute atomic E-state index is 12.8. The van der Waals surface area contributed by atoms with Crippen molar-refractivity contribution in [1.82, 2.24) is 4.72 Å². The number of nitrogens with zero attached hydrogens (tertiary/aromatic N) is 1. The van der Waals surface area contributed by atoms with Gasteiger partial charge in [-0.1, -0.05) is 6.07 Å². The minimum Gasteiger partial charge on any atom is -0.326 e. The fraction of sp³-hybridized carbons (Fsp3) is 0.333. The highest BCUT2D eigenvalue weighted by molar-refractivity contribution is 7.89. The Morgan fingerprint density at radius 2 is 1.81 bits per heavy atom. The molecule has 3 rings (SSSR count). The van der Waals surface area contributed by atoms with Crippen LogP contribution >= 0.6 is 0 Å². The number of hydrogen-bond donors (Lipinski definition) is 2. The van der Waals surface area contributed by atoms with Crippen LogP contribution in [-0.2, 0) is 25.8 Å². The van der Waals surface area contributed by atoms with Crippen molar-refractivity contribution in [2.75, 3.05) is 23.3 Å². The molecular weight excluding hydrogens is 447 g/mol. The smallest absolute Gasteiger partial charge is 0.326 e. The Bertz CT molecular complexity index is 1090. The van der Waals surface area contributed by atoms with Crippen molar-refractivity contribution >= 4 is 33.2 Å². The predicted molar refractivity (Wildman–Crippen MR) is 113 cm³/mol. The van der Waals surface area contributed by atoms with Gasteiger partial charge >= 0.3 is 6.18 Å². The number of alkyl halides is 3. The summed E-state index contributed by atoms with van der Waals surface area (Å²) in [5.41, 5.74) is 0.240. The highest BCUT2D eigenvalue weighted by atomic mass is 32.2. The van der Waals surface area contributed by atoms with E-state index in [9.17, 15) is 31.2 Å². The van der Waals surface area contributed by atoms with Crippen LogP contribution in [0.5, 0.6) is 0 Å². The van der Waals surface area contributed by atoms with Crippen molar-refractivity contribution in [2.24, 2.45) is 0 Å². The van der Waals surface area contributed by atoms with Gasteiger partial charge < -0.3 is 10.2 Å². The van der Waals surface area contributed by atoms with Crippen molar-refractivity contribution in [3.8, 4) is 0 Å². The summed E-state index contributed by atoms with van der Waals surface area (Å²) in [7, 11) is -4.13. The Hall–Kier alpha value is -2.92. The van der Waals surface area contributed by atoms with Crippen LogP contribution in [-0.4, -0.2) is 33.3 Å². The molecule has 2 N–H and O–H groups in total. The summed E-state index contributed by atoms with van der Waals surface area (Å²) < 4.78 is 64.9. The molecule has 1 aliphatic heterocycles. The number of carbonyl (C=O) groups is 2. The molecule has 0 spiro atoms. The van der Waals surface area contributed by atoms with Crippen LogP contribution in [0.2, 0.25) is 0 Å². The molecule has 172 valence electrons. The maximum Gasteiger partial charge on any atom is 0.416 e. The third kappa shape index (κ3) is 6.07. The molecule has 0 atom stereocenters. The van der Waals surface area contributed by atoms with E-state index in [1.165, 1.54) is 0 Å². The highest BCUT2D eigenvalue weighted by Crippen LogP contribution is 2.30. The molecule has 11 heteroatoms. The monoisotopic (exact) mass is 469 g/mol. The van der Waals surface area contributed by atoms with Crippen LogP contribution in [0, 0.1) is 0 Å². The molecule has 0 saturated carbocycles. The molecule has 0 aliphatic carbocycles. The van der Waals surface area contributed by atoms with Gasteiger partial charge in [-0.2, -0.15) is 13.2 Å². The van der Waals surface area contributed by atoms with Gasteiger partial charge in [0.15, 0.2) is 0 Å². The van der Waals surface area contributed by atoms with Crippen LogP contribution in [0.25, 0.3) is 0 Å². The normalized spacial score (nSPS) is 14.6. The number of benzene rings is 2. The molecule has 32 heavy (non-hydrogen) atoms. The molecule has 1 heterocycles. The summed E-state index contributed by atoms with van der Waals surface area (Å²) in [6, 6.07) is 10.3. The summed E-state index contributed by atoms with van der Waals surface area (Å²) in [5, 5.41) is 2.68. The second kappa shape index (κ2) is 9.70. The number of hydrogen-bond acceptors (Lipinski definition) is 4. The average Bonchev–Trinajstić information content (AvgIpc) is 3.17. The van der Waals surface area contributed by atoms with Crippen molar-refractivity contribution < 1.29 is 31.2 Å². The fourth-order valence-corrected chi connectivity index (χ4v) is 4.37. The minimum atomic E-state index is -4.65. The largest absolute Gasteiger partial charge is 0.416 e. The van der Waals surface area contributed by atoms with E-state index in [0.29, 0.717) is 24.7 Å². The van der Waals surface area contributed by atoms with Crippen LogP contribution in [0.15, 0.2) is 53.4 Å². The van der Waals surface area contributed by atoms with E-state index >= 15 is 0 Å². The van der Waals surface area contributed by atoms with Crippen LogP contribution < -0.4 is 14.9 Å². The molecule has 1 saturated heterocycles. The van der Waals surface area contributed by atoms with E-state index in [0.717, 1.165) is 30.3 Å². The van der Waals surface area contributed by atoms with Crippen molar-refractivity contribution in [3.63, 3.8) is 0 Å². The Morgan fingerprint density at radius 3 is 2.44 bits per heavy atom. The Labute approximate surface area is 183 Å². The van der Waals surface area contributed by atoms with Crippen LogP contribution in [0.1, 0.15) is 31.2 Å². The number of carbonyl (C=O) groups excluding carboxylic acids is 2. The Balaban J connectivity index is 1.46. The van der Waals surface area contributed by atoms with E-state index in [4.69, 9.17) is 0 Å². The number of amides is 2. The molecule has 0 aromatic heterocycles. The second-order valence-corrected chi connectivity index (χ2v) is 9.04. The first-order chi connectivity index (χ1) is 15.1. The molecule has 2 aromatic rings. The molecule has 1 fully saturated rings. The zero-order valence-corrected chi connectivity index (χ0v) is 17.8. The summed E-state index contributed by atoms with van der Waals surface area (Å²) in [5.74, 6) is -0.275. The van der Waals surface area contributed by atoms with Gasteiger partial charge in [0.1, 0.15) is 0 Å². The lowest BCUT2D eigenvalue weighted by atomic mass is 10.2. The second-order valence-electron chi connectivity index (χ2n) is 7.27. The SMILES string of the molecule is O=C(CCCNS(=O)(=O)c1cccc(C(F)(F)F)c1)Nc1ccc(N2CCCC2=O)cc1. The number of halogens is 3. The standard InChI is InChI=1S/C21H22F3N3O4S/c22-21(23,24)15-4-1-5-18(14-15)32(30,31)25-12-2-6-19(28)26-16-8-10-17(11-9-16)27-13-3-7-20(27)29/h1,4-5,8-11,14,25H,2-3,6-7,12-13H2,(H,26,28). The molecular formula is C21H22F3N3O4S. The first kappa shape index (κ1) is 23.7. The molecule has 0 unspecified atom stereocenters. The van der Waals surface area contributed by atoms with Gasteiger partial charge in [-0.3, -0.25) is 9.59 Å². The Morgan fingerprint density at radius 1 is 1.09 bits per heavy atom. The maximum atomic E-state index is 12.8. The third-order valence-corrected chi connectivity index (χ3v) is 6.34. The van der Waals surface area contributed by atoms with Crippen molar-refractivity contribution in [1.29, 1.82) is 0 Å². The van der Waals surface area contributed by atoms with Crippen molar-refractivity contribution in [2.45, 2.75) is 36.8 Å². The first-order valence-electron chi connectivity index (χ1n) is 9.93. The zero-order valence-electron chi connectivity index (χ0n) is 17.0. The van der Waals surface area contributed by atoms with Gasteiger partial charge in [-0.15, -0.1) is 0 Å². The molecule has 0 bridgehead atoms. The van der Waals surface area contributed by atoms with E-state index in [1.54, 1.807) is 29.2 Å². The number of sulfonamides is 1. The van der Waals surface area contributed by atoms with Gasteiger partial charge in [0.25, 0.3) is 0 Å². The summed E-state index contributed by atoms with van der Waals surface area (Å²) in [6.07, 6.45) is -3.14. The quantitative estimate of drug-likeness (QED) is 0.579. The van der Waals surface area contributed by atoms with Crippen molar-refractivity contribution in [3.05, 3.63) is 54.1 Å². The number of rotatable bonds is 8. The zero-order chi connectivity index (χ0) is 23.4. The van der Waals surface area contributed by atoms with Crippen LogP contribution in [0.3, 0.4) is 0 Å². The fourth-order valence-electron chi connectivity index (χ4n) is 3.25. The lowest BCUT2D eigenvalue weighted by molar-refractivity contribution is -0.137. The number of anilines is 2. The van der Waals surface area contributed by atoms with Gasteiger partial charge in [0.05, 0.1) is 10.5 Å². The molecule has 1 aliphatic rings. The minimum absolute atomic E-state index is 0.0114. The van der Waals surface area contributed by atoms with E-state index in [-0.39, 0.29) is 31.2 Å². The van der Waals surface area contributed by atoms with Gasteiger partial charge in [-0.05, 0) is 55.3 Å². The van der Waals surface area contributed by atoms with Gasteiger partial charge in [0.2, 0.25) is 21.8 Å².